The number of aromatic nitrogens is 2. The van der Waals surface area contributed by atoms with Gasteiger partial charge in [-0.05, 0) is 36.4 Å². The number of hydrogen-bond acceptors (Lipinski definition) is 4. The molecular formula is C19H20FN5O. The zero-order chi connectivity index (χ0) is 18.2. The quantitative estimate of drug-likeness (QED) is 0.526. The van der Waals surface area contributed by atoms with Gasteiger partial charge in [0.15, 0.2) is 5.96 Å². The van der Waals surface area contributed by atoms with Crippen molar-refractivity contribution in [1.82, 2.24) is 20.6 Å². The van der Waals surface area contributed by atoms with Crippen molar-refractivity contribution in [3.05, 3.63) is 72.1 Å². The molecule has 0 spiro atoms. The molecule has 26 heavy (non-hydrogen) atoms. The number of nitrogens with zero attached hydrogens (tertiary/aromatic N) is 3. The van der Waals surface area contributed by atoms with E-state index in [2.05, 4.69) is 25.6 Å². The van der Waals surface area contributed by atoms with Crippen LogP contribution in [-0.2, 0) is 13.0 Å². The first kappa shape index (κ1) is 17.6. The van der Waals surface area contributed by atoms with Crippen LogP contribution in [0.25, 0.3) is 11.5 Å². The molecule has 2 aromatic heterocycles. The first-order valence-corrected chi connectivity index (χ1v) is 8.29. The lowest BCUT2D eigenvalue weighted by molar-refractivity contribution is 0.571. The molecule has 2 N–H and O–H groups in total. The summed E-state index contributed by atoms with van der Waals surface area (Å²) in [6.45, 7) is 1.25. The van der Waals surface area contributed by atoms with Crippen molar-refractivity contribution in [3.8, 4) is 11.5 Å². The molecule has 6 nitrogen and oxygen atoms in total. The zero-order valence-electron chi connectivity index (χ0n) is 14.4. The molecule has 0 atom stereocenters. The molecule has 0 aliphatic heterocycles. The molecule has 0 saturated carbocycles. The maximum absolute atomic E-state index is 13.0. The molecule has 1 aromatic carbocycles. The van der Waals surface area contributed by atoms with Gasteiger partial charge in [0.25, 0.3) is 0 Å². The highest BCUT2D eigenvalue weighted by Gasteiger charge is 2.07. The summed E-state index contributed by atoms with van der Waals surface area (Å²) in [6, 6.07) is 11.8. The van der Waals surface area contributed by atoms with Crippen LogP contribution >= 0.6 is 0 Å². The lowest BCUT2D eigenvalue weighted by atomic mass is 10.2. The Labute approximate surface area is 151 Å². The number of nitrogens with one attached hydrogen (secondary N) is 2. The molecule has 0 amide bonds. The zero-order valence-corrected chi connectivity index (χ0v) is 14.4. The summed E-state index contributed by atoms with van der Waals surface area (Å²) in [5.41, 5.74) is 2.51. The van der Waals surface area contributed by atoms with E-state index in [1.807, 2.05) is 18.2 Å². The maximum atomic E-state index is 13.0. The standard InChI is InChI=1S/C19H20FN5O/c1-21-19(24-12-16-4-2-3-10-22-16)23-11-9-17-13-26-18(25-17)14-5-7-15(20)8-6-14/h2-8,10,13H,9,11-12H2,1H3,(H2,21,23,24). The molecule has 0 unspecified atom stereocenters. The normalized spacial score (nSPS) is 11.4. The Kier molecular flexibility index (Phi) is 5.92. The number of benzene rings is 1. The first-order valence-electron chi connectivity index (χ1n) is 8.29. The van der Waals surface area contributed by atoms with Gasteiger partial charge in [-0.25, -0.2) is 9.37 Å². The van der Waals surface area contributed by atoms with Crippen molar-refractivity contribution < 1.29 is 8.81 Å². The molecular weight excluding hydrogens is 333 g/mol. The number of halogens is 1. The Morgan fingerprint density at radius 2 is 1.96 bits per heavy atom. The second-order valence-electron chi connectivity index (χ2n) is 5.57. The monoisotopic (exact) mass is 353 g/mol. The van der Waals surface area contributed by atoms with Crippen LogP contribution in [-0.4, -0.2) is 29.5 Å². The third-order valence-electron chi connectivity index (χ3n) is 3.70. The van der Waals surface area contributed by atoms with E-state index in [4.69, 9.17) is 4.42 Å². The molecule has 0 aliphatic rings. The Morgan fingerprint density at radius 1 is 1.12 bits per heavy atom. The highest BCUT2D eigenvalue weighted by atomic mass is 19.1. The minimum Gasteiger partial charge on any atom is -0.444 e. The number of guanidine groups is 1. The van der Waals surface area contributed by atoms with Crippen molar-refractivity contribution in [2.24, 2.45) is 4.99 Å². The van der Waals surface area contributed by atoms with Gasteiger partial charge in [-0.2, -0.15) is 0 Å². The Bertz CT molecular complexity index is 846. The molecule has 3 rings (SSSR count). The van der Waals surface area contributed by atoms with Crippen LogP contribution in [0, 0.1) is 5.82 Å². The minimum absolute atomic E-state index is 0.283. The van der Waals surface area contributed by atoms with Crippen LogP contribution in [0.2, 0.25) is 0 Å². The molecule has 7 heteroatoms. The fourth-order valence-electron chi connectivity index (χ4n) is 2.35. The summed E-state index contributed by atoms with van der Waals surface area (Å²) in [5, 5.41) is 6.43. The van der Waals surface area contributed by atoms with Crippen LogP contribution in [0.15, 0.2) is 64.3 Å². The van der Waals surface area contributed by atoms with E-state index >= 15 is 0 Å². The molecule has 2 heterocycles. The van der Waals surface area contributed by atoms with Gasteiger partial charge < -0.3 is 15.1 Å². The van der Waals surface area contributed by atoms with Crippen molar-refractivity contribution in [3.63, 3.8) is 0 Å². The summed E-state index contributed by atoms with van der Waals surface area (Å²) < 4.78 is 18.4. The van der Waals surface area contributed by atoms with Gasteiger partial charge >= 0.3 is 0 Å². The number of aliphatic imine (C=N–C) groups is 1. The molecule has 0 bridgehead atoms. The van der Waals surface area contributed by atoms with Crippen LogP contribution in [0.1, 0.15) is 11.4 Å². The first-order chi connectivity index (χ1) is 12.7. The Morgan fingerprint density at radius 3 is 2.69 bits per heavy atom. The summed E-state index contributed by atoms with van der Waals surface area (Å²) in [7, 11) is 1.72. The maximum Gasteiger partial charge on any atom is 0.226 e. The van der Waals surface area contributed by atoms with Gasteiger partial charge in [0, 0.05) is 31.8 Å². The Balaban J connectivity index is 1.47. The van der Waals surface area contributed by atoms with E-state index < -0.39 is 0 Å². The van der Waals surface area contributed by atoms with Gasteiger partial charge in [-0.3, -0.25) is 9.98 Å². The Hall–Kier alpha value is -3.22. The largest absolute Gasteiger partial charge is 0.444 e. The third-order valence-corrected chi connectivity index (χ3v) is 3.70. The van der Waals surface area contributed by atoms with E-state index in [0.717, 1.165) is 17.0 Å². The van der Waals surface area contributed by atoms with Gasteiger partial charge in [-0.1, -0.05) is 6.07 Å². The number of oxazole rings is 1. The summed E-state index contributed by atoms with van der Waals surface area (Å²) in [4.78, 5) is 12.9. The highest BCUT2D eigenvalue weighted by Crippen LogP contribution is 2.18. The fourth-order valence-corrected chi connectivity index (χ4v) is 2.35. The number of rotatable bonds is 6. The van der Waals surface area contributed by atoms with Crippen molar-refractivity contribution in [2.75, 3.05) is 13.6 Å². The number of pyridine rings is 1. The topological polar surface area (TPSA) is 75.3 Å². The molecule has 0 saturated heterocycles. The predicted octanol–water partition coefficient (Wildman–Crippen LogP) is 2.78. The molecule has 134 valence electrons. The van der Waals surface area contributed by atoms with Gasteiger partial charge in [0.1, 0.15) is 12.1 Å². The molecule has 0 aliphatic carbocycles. The van der Waals surface area contributed by atoms with Crippen LogP contribution < -0.4 is 10.6 Å². The highest BCUT2D eigenvalue weighted by molar-refractivity contribution is 5.79. The van der Waals surface area contributed by atoms with Crippen LogP contribution in [0.3, 0.4) is 0 Å². The predicted molar refractivity (Wildman–Crippen MR) is 98.0 cm³/mol. The SMILES string of the molecule is CN=C(NCCc1coc(-c2ccc(F)cc2)n1)NCc1ccccn1. The van der Waals surface area contributed by atoms with Crippen molar-refractivity contribution in [2.45, 2.75) is 13.0 Å². The fraction of sp³-hybridized carbons (Fsp3) is 0.211. The van der Waals surface area contributed by atoms with E-state index in [-0.39, 0.29) is 5.82 Å². The second kappa shape index (κ2) is 8.75. The lowest BCUT2D eigenvalue weighted by Crippen LogP contribution is -2.38. The van der Waals surface area contributed by atoms with Crippen LogP contribution in [0.4, 0.5) is 4.39 Å². The molecule has 0 radical (unpaired) electrons. The van der Waals surface area contributed by atoms with Gasteiger partial charge in [0.05, 0.1) is 17.9 Å². The van der Waals surface area contributed by atoms with E-state index in [0.29, 0.717) is 31.4 Å². The van der Waals surface area contributed by atoms with Gasteiger partial charge in [-0.15, -0.1) is 0 Å². The van der Waals surface area contributed by atoms with Crippen LogP contribution in [0.5, 0.6) is 0 Å². The van der Waals surface area contributed by atoms with Gasteiger partial charge in [0.2, 0.25) is 5.89 Å². The molecule has 3 aromatic rings. The second-order valence-corrected chi connectivity index (χ2v) is 5.57. The van der Waals surface area contributed by atoms with E-state index in [1.54, 1.807) is 31.6 Å². The van der Waals surface area contributed by atoms with E-state index in [1.165, 1.54) is 12.1 Å². The number of hydrogen-bond donors (Lipinski definition) is 2. The third kappa shape index (κ3) is 4.89. The van der Waals surface area contributed by atoms with E-state index in [9.17, 15) is 4.39 Å². The molecule has 0 fully saturated rings. The summed E-state index contributed by atoms with van der Waals surface area (Å²) >= 11 is 0. The average Bonchev–Trinajstić information content (AvgIpc) is 3.15. The summed E-state index contributed by atoms with van der Waals surface area (Å²) in [5.74, 6) is 0.893. The summed E-state index contributed by atoms with van der Waals surface area (Å²) in [6.07, 6.45) is 4.05. The van der Waals surface area contributed by atoms with Crippen molar-refractivity contribution >= 4 is 5.96 Å². The lowest BCUT2D eigenvalue weighted by Gasteiger charge is -2.10. The minimum atomic E-state index is -0.283. The smallest absolute Gasteiger partial charge is 0.226 e. The average molecular weight is 353 g/mol. The van der Waals surface area contributed by atoms with Crippen molar-refractivity contribution in [1.29, 1.82) is 0 Å².